The Hall–Kier alpha value is -4.86. The van der Waals surface area contributed by atoms with Crippen molar-refractivity contribution in [3.63, 3.8) is 0 Å². The molecule has 0 bridgehead atoms. The number of rotatable bonds is 5. The topological polar surface area (TPSA) is 147 Å². The van der Waals surface area contributed by atoms with Gasteiger partial charge in [0.25, 0.3) is 23.4 Å². The molecule has 3 aromatic carbocycles. The van der Waals surface area contributed by atoms with Crippen molar-refractivity contribution in [2.75, 3.05) is 10.2 Å². The van der Waals surface area contributed by atoms with E-state index < -0.39 is 28.6 Å². The number of carbonyl (C=O) groups is 4. The molecule has 1 aliphatic heterocycles. The van der Waals surface area contributed by atoms with Gasteiger partial charge in [-0.2, -0.15) is 0 Å². The molecule has 0 spiro atoms. The summed E-state index contributed by atoms with van der Waals surface area (Å²) in [6.45, 7) is 0. The third kappa shape index (κ3) is 3.45. The maximum Gasteiger partial charge on any atom is 0.337 e. The fraction of sp³-hybridized carbons (Fsp3) is 0. The van der Waals surface area contributed by atoms with Gasteiger partial charge in [-0.1, -0.05) is 12.1 Å². The van der Waals surface area contributed by atoms with E-state index in [2.05, 4.69) is 5.32 Å². The number of fused-ring (bicyclic) bond motifs is 1. The summed E-state index contributed by atoms with van der Waals surface area (Å²) in [6.07, 6.45) is 0. The van der Waals surface area contributed by atoms with Crippen molar-refractivity contribution in [3.8, 4) is 0 Å². The molecule has 0 saturated carbocycles. The number of nitrogens with zero attached hydrogens (tertiary/aromatic N) is 2. The predicted molar refractivity (Wildman–Crippen MR) is 112 cm³/mol. The molecule has 32 heavy (non-hydrogen) atoms. The van der Waals surface area contributed by atoms with Crippen LogP contribution in [0.5, 0.6) is 0 Å². The Morgan fingerprint density at radius 1 is 0.906 bits per heavy atom. The van der Waals surface area contributed by atoms with Crippen LogP contribution in [0, 0.1) is 10.1 Å². The number of non-ortho nitro benzene ring substituents is 1. The molecule has 158 valence electrons. The monoisotopic (exact) mass is 431 g/mol. The lowest BCUT2D eigenvalue weighted by molar-refractivity contribution is -0.384. The largest absolute Gasteiger partial charge is 0.478 e. The van der Waals surface area contributed by atoms with Crippen molar-refractivity contribution in [3.05, 3.63) is 99.1 Å². The smallest absolute Gasteiger partial charge is 0.337 e. The van der Waals surface area contributed by atoms with Gasteiger partial charge in [-0.15, -0.1) is 0 Å². The van der Waals surface area contributed by atoms with Gasteiger partial charge in [0.1, 0.15) is 0 Å². The lowest BCUT2D eigenvalue weighted by atomic mass is 10.1. The summed E-state index contributed by atoms with van der Waals surface area (Å²) in [5.41, 5.74) is 0.0699. The normalized spacial score (nSPS) is 12.4. The van der Waals surface area contributed by atoms with Gasteiger partial charge >= 0.3 is 5.97 Å². The van der Waals surface area contributed by atoms with E-state index in [1.807, 2.05) is 0 Å². The minimum atomic E-state index is -1.19. The van der Waals surface area contributed by atoms with Gasteiger partial charge in [-0.05, 0) is 42.5 Å². The SMILES string of the molecule is O=C(Nc1ccccc1C(=O)O)c1ccc(N2C(=O)c3ccc([N+](=O)[O-])cc3C2=O)cc1. The summed E-state index contributed by atoms with van der Waals surface area (Å²) in [6, 6.07) is 14.9. The number of carboxylic acid groups (broad SMARTS) is 1. The van der Waals surface area contributed by atoms with E-state index in [1.54, 1.807) is 6.07 Å². The van der Waals surface area contributed by atoms with Crippen LogP contribution < -0.4 is 10.2 Å². The molecule has 3 aromatic rings. The van der Waals surface area contributed by atoms with Gasteiger partial charge in [0, 0.05) is 17.7 Å². The number of carboxylic acids is 1. The summed E-state index contributed by atoms with van der Waals surface area (Å²) in [5, 5.41) is 22.7. The van der Waals surface area contributed by atoms with Crippen LogP contribution in [0.3, 0.4) is 0 Å². The minimum absolute atomic E-state index is 0.0488. The number of amides is 3. The molecule has 10 nitrogen and oxygen atoms in total. The molecule has 0 radical (unpaired) electrons. The van der Waals surface area contributed by atoms with Crippen LogP contribution in [0.1, 0.15) is 41.4 Å². The maximum atomic E-state index is 12.7. The lowest BCUT2D eigenvalue weighted by Crippen LogP contribution is -2.29. The highest BCUT2D eigenvalue weighted by Crippen LogP contribution is 2.31. The zero-order chi connectivity index (χ0) is 23.0. The van der Waals surface area contributed by atoms with Crippen LogP contribution in [0.15, 0.2) is 66.7 Å². The number of para-hydroxylation sites is 1. The van der Waals surface area contributed by atoms with Crippen LogP contribution in [0.2, 0.25) is 0 Å². The van der Waals surface area contributed by atoms with E-state index in [0.29, 0.717) is 0 Å². The first-order chi connectivity index (χ1) is 15.3. The molecule has 4 rings (SSSR count). The number of benzene rings is 3. The lowest BCUT2D eigenvalue weighted by Gasteiger charge is -2.14. The highest BCUT2D eigenvalue weighted by atomic mass is 16.6. The van der Waals surface area contributed by atoms with E-state index in [4.69, 9.17) is 0 Å². The van der Waals surface area contributed by atoms with Crippen LogP contribution in [-0.2, 0) is 0 Å². The summed E-state index contributed by atoms with van der Waals surface area (Å²) in [7, 11) is 0. The minimum Gasteiger partial charge on any atom is -0.478 e. The molecular formula is C22H13N3O7. The van der Waals surface area contributed by atoms with Crippen molar-refractivity contribution in [1.29, 1.82) is 0 Å². The Bertz CT molecular complexity index is 1320. The Labute approximate surface area is 179 Å². The molecule has 0 aliphatic carbocycles. The molecule has 2 N–H and O–H groups in total. The first-order valence-corrected chi connectivity index (χ1v) is 9.19. The summed E-state index contributed by atoms with van der Waals surface area (Å²) < 4.78 is 0. The first kappa shape index (κ1) is 20.4. The molecule has 0 saturated heterocycles. The van der Waals surface area contributed by atoms with Gasteiger partial charge < -0.3 is 10.4 Å². The number of nitrogens with one attached hydrogen (secondary N) is 1. The van der Waals surface area contributed by atoms with E-state index in [0.717, 1.165) is 17.0 Å². The van der Waals surface area contributed by atoms with Crippen molar-refractivity contribution < 1.29 is 29.2 Å². The predicted octanol–water partition coefficient (Wildman–Crippen LogP) is 3.35. The Morgan fingerprint density at radius 3 is 2.22 bits per heavy atom. The number of hydrogen-bond acceptors (Lipinski definition) is 6. The average Bonchev–Trinajstić information content (AvgIpc) is 3.03. The van der Waals surface area contributed by atoms with Gasteiger partial charge in [0.15, 0.2) is 0 Å². The van der Waals surface area contributed by atoms with Crippen LogP contribution in [0.4, 0.5) is 17.1 Å². The van der Waals surface area contributed by atoms with E-state index in [1.165, 1.54) is 48.5 Å². The Kier molecular flexibility index (Phi) is 4.95. The van der Waals surface area contributed by atoms with E-state index >= 15 is 0 Å². The second-order valence-electron chi connectivity index (χ2n) is 6.78. The standard InChI is InChI=1S/C22H13N3O7/c26-19(23-18-4-2-1-3-16(18)22(29)30)12-5-7-13(8-6-12)24-20(27)15-10-9-14(25(31)32)11-17(15)21(24)28/h1-11H,(H,23,26)(H,29,30). The fourth-order valence-corrected chi connectivity index (χ4v) is 3.31. The van der Waals surface area contributed by atoms with E-state index in [9.17, 15) is 34.4 Å². The number of aromatic carboxylic acids is 1. The molecule has 1 aliphatic rings. The molecular weight excluding hydrogens is 418 g/mol. The third-order valence-electron chi connectivity index (χ3n) is 4.87. The van der Waals surface area contributed by atoms with Crippen molar-refractivity contribution in [1.82, 2.24) is 0 Å². The molecule has 10 heteroatoms. The second kappa shape index (κ2) is 7.76. The molecule has 0 fully saturated rings. The first-order valence-electron chi connectivity index (χ1n) is 9.19. The number of nitro benzene ring substituents is 1. The van der Waals surface area contributed by atoms with Crippen LogP contribution >= 0.6 is 0 Å². The average molecular weight is 431 g/mol. The Morgan fingerprint density at radius 2 is 1.56 bits per heavy atom. The number of carbonyl (C=O) groups excluding carboxylic acids is 3. The number of imide groups is 1. The molecule has 3 amide bonds. The number of nitro groups is 1. The van der Waals surface area contributed by atoms with Gasteiger partial charge in [0.05, 0.1) is 33.0 Å². The van der Waals surface area contributed by atoms with E-state index in [-0.39, 0.29) is 39.3 Å². The zero-order valence-electron chi connectivity index (χ0n) is 16.1. The highest BCUT2D eigenvalue weighted by molar-refractivity contribution is 6.34. The van der Waals surface area contributed by atoms with Crippen molar-refractivity contribution in [2.24, 2.45) is 0 Å². The van der Waals surface area contributed by atoms with Crippen molar-refractivity contribution >= 4 is 40.8 Å². The summed E-state index contributed by atoms with van der Waals surface area (Å²) in [4.78, 5) is 60.3. The Balaban J connectivity index is 1.57. The second-order valence-corrected chi connectivity index (χ2v) is 6.78. The van der Waals surface area contributed by atoms with Crippen LogP contribution in [0.25, 0.3) is 0 Å². The fourth-order valence-electron chi connectivity index (χ4n) is 3.31. The van der Waals surface area contributed by atoms with Gasteiger partial charge in [-0.3, -0.25) is 24.5 Å². The molecule has 0 aromatic heterocycles. The van der Waals surface area contributed by atoms with Crippen molar-refractivity contribution in [2.45, 2.75) is 0 Å². The summed E-state index contributed by atoms with van der Waals surface area (Å²) >= 11 is 0. The molecule has 0 atom stereocenters. The van der Waals surface area contributed by atoms with Crippen LogP contribution in [-0.4, -0.2) is 33.7 Å². The van der Waals surface area contributed by atoms with Gasteiger partial charge in [-0.25, -0.2) is 9.69 Å². The summed E-state index contributed by atoms with van der Waals surface area (Å²) in [5.74, 6) is -3.11. The zero-order valence-corrected chi connectivity index (χ0v) is 16.1. The van der Waals surface area contributed by atoms with Gasteiger partial charge in [0.2, 0.25) is 0 Å². The molecule has 1 heterocycles. The number of hydrogen-bond donors (Lipinski definition) is 2. The number of anilines is 2. The third-order valence-corrected chi connectivity index (χ3v) is 4.87. The quantitative estimate of drug-likeness (QED) is 0.358. The molecule has 0 unspecified atom stereocenters. The maximum absolute atomic E-state index is 12.7. The highest BCUT2D eigenvalue weighted by Gasteiger charge is 2.37.